The first-order chi connectivity index (χ1) is 8.86. The summed E-state index contributed by atoms with van der Waals surface area (Å²) >= 11 is 6.88. The van der Waals surface area contributed by atoms with Gasteiger partial charge in [0.2, 0.25) is 0 Å². The van der Waals surface area contributed by atoms with E-state index in [0.29, 0.717) is 16.9 Å². The molecule has 0 fully saturated rings. The van der Waals surface area contributed by atoms with Crippen LogP contribution in [0.15, 0.2) is 12.1 Å². The molecule has 0 bridgehead atoms. The molecule has 0 N–H and O–H groups in total. The van der Waals surface area contributed by atoms with Gasteiger partial charge in [0.1, 0.15) is 11.2 Å². The highest BCUT2D eigenvalue weighted by molar-refractivity contribution is 8.04. The van der Waals surface area contributed by atoms with E-state index in [-0.39, 0.29) is 10.8 Å². The highest BCUT2D eigenvalue weighted by Gasteiger charge is 2.19. The Kier molecular flexibility index (Phi) is 3.83. The second-order valence-electron chi connectivity index (χ2n) is 3.43. The third kappa shape index (κ3) is 3.15. The van der Waals surface area contributed by atoms with Crippen molar-refractivity contribution < 1.29 is 12.3 Å². The quantitative estimate of drug-likeness (QED) is 0.479. The molecule has 1 rings (SSSR count). The second kappa shape index (κ2) is 5.95. The number of carbonyl (C=O) groups is 1. The minimum absolute atomic E-state index is 0.191. The molecule has 0 saturated heterocycles. The summed E-state index contributed by atoms with van der Waals surface area (Å²) in [5.74, 6) is 0.0663. The minimum atomic E-state index is -1.45. The Hall–Kier alpha value is -1.18. The molecule has 0 aliphatic heterocycles. The smallest absolute Gasteiger partial charge is 0.178 e. The van der Waals surface area contributed by atoms with Gasteiger partial charge in [-0.3, -0.25) is 4.79 Å². The van der Waals surface area contributed by atoms with Crippen LogP contribution in [0.3, 0.4) is 0 Å². The summed E-state index contributed by atoms with van der Waals surface area (Å²) in [6.45, 7) is 3.34. The third-order valence-corrected chi connectivity index (χ3v) is 3.24. The summed E-state index contributed by atoms with van der Waals surface area (Å²) in [5.41, 5.74) is 0.930. The van der Waals surface area contributed by atoms with Crippen molar-refractivity contribution in [3.63, 3.8) is 0 Å². The molecule has 0 aliphatic rings. The number of rotatable bonds is 4. The number of Topliss-reactive ketones (excluding diaryl/α,β-unsaturated/α-hetero) is 1. The highest BCUT2D eigenvalue weighted by Crippen LogP contribution is 2.29. The number of carbonyl (C=O) groups excluding carboxylic acids is 1. The summed E-state index contributed by atoms with van der Waals surface area (Å²) in [6.07, 6.45) is 0. The fourth-order valence-electron chi connectivity index (χ4n) is 1.33. The van der Waals surface area contributed by atoms with Crippen molar-refractivity contribution in [1.82, 2.24) is 0 Å². The first kappa shape index (κ1) is 10.9. The maximum atomic E-state index is 12.1. The van der Waals surface area contributed by atoms with Gasteiger partial charge in [0.05, 0.1) is 20.1 Å². The zero-order chi connectivity index (χ0) is 14.6. The summed E-state index contributed by atoms with van der Waals surface area (Å²) in [7, 11) is -1.45. The van der Waals surface area contributed by atoms with Gasteiger partial charge in [-0.1, -0.05) is 11.6 Å². The molecule has 90 valence electrons. The number of nitriles is 1. The van der Waals surface area contributed by atoms with Crippen LogP contribution >= 0.6 is 23.4 Å². The number of thiocyanates is 1. The van der Waals surface area contributed by atoms with Gasteiger partial charge in [0.25, 0.3) is 0 Å². The summed E-state index contributed by atoms with van der Waals surface area (Å²) in [4.78, 5) is 12.1. The highest BCUT2D eigenvalue weighted by atomic mass is 35.5. The van der Waals surface area contributed by atoms with Crippen LogP contribution in [0.4, 0.5) is 0 Å². The van der Waals surface area contributed by atoms with E-state index in [4.69, 9.17) is 24.3 Å². The Morgan fingerprint density at radius 3 is 3.00 bits per heavy atom. The first-order valence-corrected chi connectivity index (χ1v) is 6.02. The van der Waals surface area contributed by atoms with E-state index in [1.807, 2.05) is 5.40 Å². The molecule has 1 unspecified atom stereocenters. The maximum absolute atomic E-state index is 12.1. The largest absolute Gasteiger partial charge is 0.496 e. The minimum Gasteiger partial charge on any atom is -0.496 e. The van der Waals surface area contributed by atoms with Crippen molar-refractivity contribution in [1.29, 1.82) is 5.26 Å². The summed E-state index contributed by atoms with van der Waals surface area (Å²) in [6, 6.07) is 2.97. The molecule has 5 heteroatoms. The number of aryl methyl sites for hydroxylation is 1. The molecule has 3 nitrogen and oxygen atoms in total. The molecule has 0 aliphatic carbocycles. The Labute approximate surface area is 113 Å². The molecule has 0 amide bonds. The lowest BCUT2D eigenvalue weighted by Gasteiger charge is -2.11. The molecule has 0 aromatic heterocycles. The van der Waals surface area contributed by atoms with Gasteiger partial charge in [-0.25, -0.2) is 0 Å². The Bertz CT molecular complexity index is 531. The molecule has 0 radical (unpaired) electrons. The van der Waals surface area contributed by atoms with Crippen LogP contribution in [0.1, 0.15) is 25.6 Å². The van der Waals surface area contributed by atoms with Crippen LogP contribution in [0.2, 0.25) is 5.02 Å². The van der Waals surface area contributed by atoms with Crippen molar-refractivity contribution in [3.05, 3.63) is 28.3 Å². The van der Waals surface area contributed by atoms with Crippen LogP contribution in [0, 0.1) is 17.6 Å². The number of nitrogens with zero attached hydrogens (tertiary/aromatic N) is 1. The number of hydrogen-bond donors (Lipinski definition) is 0. The lowest BCUT2D eigenvalue weighted by molar-refractivity contribution is 0.0994. The van der Waals surface area contributed by atoms with Crippen LogP contribution in [-0.4, -0.2) is 18.1 Å². The van der Waals surface area contributed by atoms with Crippen molar-refractivity contribution in [2.45, 2.75) is 19.1 Å². The molecule has 0 heterocycles. The van der Waals surface area contributed by atoms with E-state index in [2.05, 4.69) is 0 Å². The molecule has 0 saturated carbocycles. The monoisotopic (exact) mass is 272 g/mol. The van der Waals surface area contributed by atoms with Crippen LogP contribution in [-0.2, 0) is 0 Å². The SMILES string of the molecule is [2H][13CH]([2H])Oc1cc(Cl)c(C(=O)C(C)SC#N)cc1C. The van der Waals surface area contributed by atoms with Crippen molar-refractivity contribution in [2.75, 3.05) is 7.06 Å². The number of ketones is 1. The van der Waals surface area contributed by atoms with Crippen LogP contribution < -0.4 is 4.74 Å². The van der Waals surface area contributed by atoms with Gasteiger partial charge < -0.3 is 4.74 Å². The van der Waals surface area contributed by atoms with Crippen molar-refractivity contribution in [3.8, 4) is 11.2 Å². The van der Waals surface area contributed by atoms with Gasteiger partial charge in [-0.05, 0) is 43.3 Å². The van der Waals surface area contributed by atoms with E-state index < -0.39 is 12.3 Å². The number of hydrogen-bond acceptors (Lipinski definition) is 4. The van der Waals surface area contributed by atoms with Gasteiger partial charge >= 0.3 is 0 Å². The van der Waals surface area contributed by atoms with E-state index in [1.54, 1.807) is 19.9 Å². The molecule has 17 heavy (non-hydrogen) atoms. The van der Waals surface area contributed by atoms with E-state index >= 15 is 0 Å². The predicted molar refractivity (Wildman–Crippen MR) is 69.7 cm³/mol. The summed E-state index contributed by atoms with van der Waals surface area (Å²) in [5, 5.41) is 10.1. The standard InChI is InChI=1S/C12H12ClNO2S/c1-7-4-9(10(13)5-11(7)16-3)12(15)8(2)17-6-14/h4-5,8H,1-3H3/i3+1D2. The Morgan fingerprint density at radius 1 is 1.71 bits per heavy atom. The average molecular weight is 273 g/mol. The number of methoxy groups -OCH3 is 1. The van der Waals surface area contributed by atoms with Crippen LogP contribution in [0.25, 0.3) is 0 Å². The molecule has 1 aromatic carbocycles. The Morgan fingerprint density at radius 2 is 2.41 bits per heavy atom. The van der Waals surface area contributed by atoms with E-state index in [0.717, 1.165) is 11.8 Å². The lowest BCUT2D eigenvalue weighted by Crippen LogP contribution is -2.13. The zero-order valence-corrected chi connectivity index (χ0v) is 10.9. The van der Waals surface area contributed by atoms with Gasteiger partial charge in [-0.15, -0.1) is 0 Å². The topological polar surface area (TPSA) is 50.1 Å². The molecular formula is C12H12ClNO2S. The average Bonchev–Trinajstić information content (AvgIpc) is 2.32. The molecule has 1 atom stereocenters. The fourth-order valence-corrected chi connectivity index (χ4v) is 1.97. The lowest BCUT2D eigenvalue weighted by atomic mass is 10.1. The fraction of sp³-hybridized carbons (Fsp3) is 0.333. The van der Waals surface area contributed by atoms with Gasteiger partial charge in [0, 0.05) is 5.56 Å². The summed E-state index contributed by atoms with van der Waals surface area (Å²) < 4.78 is 19.0. The first-order valence-electron chi connectivity index (χ1n) is 5.92. The van der Waals surface area contributed by atoms with Crippen molar-refractivity contribution >= 4 is 29.1 Å². The second-order valence-corrected chi connectivity index (χ2v) is 4.96. The molecular weight excluding hydrogens is 259 g/mol. The van der Waals surface area contributed by atoms with Crippen molar-refractivity contribution in [2.24, 2.45) is 0 Å². The van der Waals surface area contributed by atoms with Gasteiger partial charge in [-0.2, -0.15) is 5.26 Å². The number of benzene rings is 1. The number of thioether (sulfide) groups is 1. The third-order valence-electron chi connectivity index (χ3n) is 2.26. The van der Waals surface area contributed by atoms with Crippen LogP contribution in [0.5, 0.6) is 5.75 Å². The maximum Gasteiger partial charge on any atom is 0.178 e. The normalized spacial score (nSPS) is 13.6. The molecule has 1 aromatic rings. The van der Waals surface area contributed by atoms with E-state index in [1.165, 1.54) is 6.07 Å². The Balaban J connectivity index is 3.08. The zero-order valence-electron chi connectivity index (χ0n) is 11.4. The van der Waals surface area contributed by atoms with E-state index in [9.17, 15) is 4.79 Å². The number of ether oxygens (including phenoxy) is 1. The number of halogens is 1. The molecule has 0 spiro atoms. The predicted octanol–water partition coefficient (Wildman–Crippen LogP) is 3.44. The van der Waals surface area contributed by atoms with Gasteiger partial charge in [0.15, 0.2) is 5.78 Å².